The average Bonchev–Trinajstić information content (AvgIpc) is 2.04. The van der Waals surface area contributed by atoms with E-state index >= 15 is 0 Å². The molecule has 11 heavy (non-hydrogen) atoms. The second-order valence-corrected chi connectivity index (χ2v) is 2.14. The van der Waals surface area contributed by atoms with Crippen LogP contribution in [0.3, 0.4) is 0 Å². The molecule has 58 valence electrons. The van der Waals surface area contributed by atoms with Gasteiger partial charge in [-0.2, -0.15) is 0 Å². The van der Waals surface area contributed by atoms with Crippen LogP contribution in [-0.2, 0) is 6.42 Å². The standard InChI is InChI=1S/C9H9FO/c1-3-7-4-5-8(11-2)6-9(7)10/h6H,3H2,1-2H3. The first-order valence-electron chi connectivity index (χ1n) is 3.44. The van der Waals surface area contributed by atoms with E-state index in [2.05, 4.69) is 12.1 Å². The molecule has 1 rings (SSSR count). The van der Waals surface area contributed by atoms with Crippen LogP contribution in [0.2, 0.25) is 0 Å². The Bertz CT molecular complexity index is 245. The van der Waals surface area contributed by atoms with E-state index in [0.717, 1.165) is 0 Å². The van der Waals surface area contributed by atoms with Crippen LogP contribution in [0.4, 0.5) is 4.39 Å². The molecule has 0 N–H and O–H groups in total. The molecule has 0 saturated carbocycles. The van der Waals surface area contributed by atoms with Gasteiger partial charge in [0.1, 0.15) is 5.82 Å². The fourth-order valence-corrected chi connectivity index (χ4v) is 0.802. The van der Waals surface area contributed by atoms with Gasteiger partial charge in [0.25, 0.3) is 0 Å². The second-order valence-electron chi connectivity index (χ2n) is 2.14. The summed E-state index contributed by atoms with van der Waals surface area (Å²) in [6.45, 7) is 1.87. The van der Waals surface area contributed by atoms with Crippen LogP contribution in [0.1, 0.15) is 12.5 Å². The zero-order chi connectivity index (χ0) is 8.27. The first kappa shape index (κ1) is 7.87. The maximum atomic E-state index is 12.9. The van der Waals surface area contributed by atoms with Gasteiger partial charge in [-0.25, -0.2) is 4.39 Å². The van der Waals surface area contributed by atoms with Gasteiger partial charge in [-0.15, -0.1) is 0 Å². The molecular formula is C9H9FO. The maximum absolute atomic E-state index is 12.9. The lowest BCUT2D eigenvalue weighted by Crippen LogP contribution is -1.87. The Morgan fingerprint density at radius 2 is 2.27 bits per heavy atom. The normalized spacial score (nSPS) is 9.00. The van der Waals surface area contributed by atoms with Crippen LogP contribution in [-0.4, -0.2) is 7.11 Å². The van der Waals surface area contributed by atoms with Gasteiger partial charge in [0.2, 0.25) is 0 Å². The van der Waals surface area contributed by atoms with E-state index in [1.165, 1.54) is 13.2 Å². The van der Waals surface area contributed by atoms with Crippen molar-refractivity contribution < 1.29 is 9.13 Å². The molecule has 2 heteroatoms. The summed E-state index contributed by atoms with van der Waals surface area (Å²) >= 11 is 0. The van der Waals surface area contributed by atoms with Crippen molar-refractivity contribution in [2.75, 3.05) is 7.11 Å². The first-order valence-corrected chi connectivity index (χ1v) is 3.44. The summed E-state index contributed by atoms with van der Waals surface area (Å²) in [5, 5.41) is 0. The third-order valence-corrected chi connectivity index (χ3v) is 1.46. The summed E-state index contributed by atoms with van der Waals surface area (Å²) in [5.41, 5.74) is 0.547. The highest BCUT2D eigenvalue weighted by atomic mass is 19.1. The molecule has 0 aromatic heterocycles. The molecular weight excluding hydrogens is 143 g/mol. The van der Waals surface area contributed by atoms with Gasteiger partial charge >= 0.3 is 0 Å². The Kier molecular flexibility index (Phi) is 2.32. The molecule has 1 aromatic carbocycles. The Morgan fingerprint density at radius 3 is 2.73 bits per heavy atom. The maximum Gasteiger partial charge on any atom is 0.172 e. The summed E-state index contributed by atoms with van der Waals surface area (Å²) in [7, 11) is 1.48. The Balaban J connectivity index is 2.99. The number of ether oxygens (including phenoxy) is 1. The lowest BCUT2D eigenvalue weighted by Gasteiger charge is -1.97. The number of hydrogen-bond acceptors (Lipinski definition) is 1. The van der Waals surface area contributed by atoms with Crippen molar-refractivity contribution in [3.05, 3.63) is 29.6 Å². The minimum absolute atomic E-state index is 0.275. The van der Waals surface area contributed by atoms with E-state index in [0.29, 0.717) is 17.7 Å². The number of methoxy groups -OCH3 is 1. The summed E-state index contributed by atoms with van der Waals surface area (Å²) in [6, 6.07) is 6.69. The lowest BCUT2D eigenvalue weighted by molar-refractivity contribution is 0.411. The third kappa shape index (κ3) is 1.62. The highest BCUT2D eigenvalue weighted by molar-refractivity contribution is 5.22. The Morgan fingerprint density at radius 1 is 1.55 bits per heavy atom. The van der Waals surface area contributed by atoms with Crippen LogP contribution >= 0.6 is 0 Å². The van der Waals surface area contributed by atoms with Crippen molar-refractivity contribution in [3.63, 3.8) is 0 Å². The quantitative estimate of drug-likeness (QED) is 0.629. The Hall–Kier alpha value is -1.23. The van der Waals surface area contributed by atoms with Crippen molar-refractivity contribution in [2.45, 2.75) is 13.3 Å². The van der Waals surface area contributed by atoms with Gasteiger partial charge < -0.3 is 4.74 Å². The fraction of sp³-hybridized carbons (Fsp3) is 0.333. The van der Waals surface area contributed by atoms with Crippen LogP contribution in [0.25, 0.3) is 0 Å². The molecule has 0 aliphatic rings. The van der Waals surface area contributed by atoms with Crippen molar-refractivity contribution in [3.8, 4) is 5.75 Å². The van der Waals surface area contributed by atoms with E-state index in [-0.39, 0.29) is 5.82 Å². The molecule has 0 atom stereocenters. The van der Waals surface area contributed by atoms with Crippen molar-refractivity contribution in [1.82, 2.24) is 0 Å². The molecule has 0 unspecified atom stereocenters. The van der Waals surface area contributed by atoms with Crippen molar-refractivity contribution >= 4 is 0 Å². The van der Waals surface area contributed by atoms with E-state index < -0.39 is 0 Å². The van der Waals surface area contributed by atoms with Crippen LogP contribution in [0, 0.1) is 17.9 Å². The minimum atomic E-state index is -0.275. The molecule has 1 nitrogen and oxygen atoms in total. The highest BCUT2D eigenvalue weighted by Crippen LogP contribution is 2.11. The summed E-state index contributed by atoms with van der Waals surface area (Å²) in [5.74, 6) is 0.114. The van der Waals surface area contributed by atoms with Gasteiger partial charge in [-0.05, 0) is 12.5 Å². The molecule has 0 bridgehead atoms. The molecule has 0 spiro atoms. The van der Waals surface area contributed by atoms with E-state index in [4.69, 9.17) is 4.74 Å². The summed E-state index contributed by atoms with van der Waals surface area (Å²) < 4.78 is 17.7. The summed E-state index contributed by atoms with van der Waals surface area (Å²) in [4.78, 5) is 0. The number of halogens is 1. The molecule has 0 amide bonds. The van der Waals surface area contributed by atoms with Crippen LogP contribution < -0.4 is 4.74 Å². The average molecular weight is 152 g/mol. The lowest BCUT2D eigenvalue weighted by atomic mass is 10.2. The zero-order valence-corrected chi connectivity index (χ0v) is 6.57. The fourth-order valence-electron chi connectivity index (χ4n) is 0.802. The van der Waals surface area contributed by atoms with Gasteiger partial charge in [0.15, 0.2) is 5.75 Å². The molecule has 0 fully saturated rings. The topological polar surface area (TPSA) is 9.23 Å². The second kappa shape index (κ2) is 3.25. The molecule has 0 aliphatic heterocycles. The van der Waals surface area contributed by atoms with Gasteiger partial charge in [0.05, 0.1) is 7.11 Å². The van der Waals surface area contributed by atoms with E-state index in [1.807, 2.05) is 6.92 Å². The third-order valence-electron chi connectivity index (χ3n) is 1.46. The molecule has 0 aliphatic carbocycles. The monoisotopic (exact) mass is 152 g/mol. The highest BCUT2D eigenvalue weighted by Gasteiger charge is 1.99. The van der Waals surface area contributed by atoms with Gasteiger partial charge in [-0.3, -0.25) is 0 Å². The first-order chi connectivity index (χ1) is 5.27. The van der Waals surface area contributed by atoms with Gasteiger partial charge in [-0.1, -0.05) is 13.0 Å². The SMILES string of the molecule is CCc1c#cc(OC)cc1F. The predicted molar refractivity (Wildman–Crippen MR) is 40.0 cm³/mol. The van der Waals surface area contributed by atoms with E-state index in [1.54, 1.807) is 0 Å². The largest absolute Gasteiger partial charge is 0.488 e. The Labute approximate surface area is 65.8 Å². The van der Waals surface area contributed by atoms with Crippen LogP contribution in [0.5, 0.6) is 5.75 Å². The van der Waals surface area contributed by atoms with Crippen molar-refractivity contribution in [2.24, 2.45) is 0 Å². The molecule has 0 radical (unpaired) electrons. The van der Waals surface area contributed by atoms with Crippen LogP contribution in [0.15, 0.2) is 6.07 Å². The van der Waals surface area contributed by atoms with Crippen molar-refractivity contribution in [1.29, 1.82) is 0 Å². The van der Waals surface area contributed by atoms with Gasteiger partial charge in [0, 0.05) is 11.6 Å². The number of rotatable bonds is 2. The predicted octanol–water partition coefficient (Wildman–Crippen LogP) is 2.00. The molecule has 0 saturated heterocycles. The molecule has 0 heterocycles. The summed E-state index contributed by atoms with van der Waals surface area (Å²) in [6.07, 6.45) is 0.631. The number of hydrogen-bond donors (Lipinski definition) is 0. The smallest absolute Gasteiger partial charge is 0.172 e. The van der Waals surface area contributed by atoms with E-state index in [9.17, 15) is 4.39 Å². The zero-order valence-electron chi connectivity index (χ0n) is 6.57. The molecule has 1 aromatic rings. The minimum Gasteiger partial charge on any atom is -0.488 e.